The van der Waals surface area contributed by atoms with Crippen LogP contribution in [0.2, 0.25) is 5.02 Å². The highest BCUT2D eigenvalue weighted by Crippen LogP contribution is 2.25. The van der Waals surface area contributed by atoms with Crippen LogP contribution in [0.5, 0.6) is 5.75 Å². The van der Waals surface area contributed by atoms with Gasteiger partial charge in [0.1, 0.15) is 5.75 Å². The van der Waals surface area contributed by atoms with Crippen molar-refractivity contribution < 1.29 is 23.0 Å². The van der Waals surface area contributed by atoms with E-state index < -0.39 is 19.4 Å². The summed E-state index contributed by atoms with van der Waals surface area (Å²) in [6.07, 6.45) is -4.40. The van der Waals surface area contributed by atoms with E-state index in [4.69, 9.17) is 16.7 Å². The molecule has 0 unspecified atom stereocenters. The van der Waals surface area contributed by atoms with Gasteiger partial charge in [0, 0.05) is 10.6 Å². The Kier molecular flexibility index (Phi) is 3.82. The van der Waals surface area contributed by atoms with E-state index >= 15 is 0 Å². The van der Waals surface area contributed by atoms with Gasteiger partial charge in [-0.3, -0.25) is 0 Å². The van der Waals surface area contributed by atoms with Crippen LogP contribution in [-0.4, -0.2) is 17.9 Å². The van der Waals surface area contributed by atoms with Crippen molar-refractivity contribution in [3.05, 3.63) is 28.8 Å². The molecule has 0 aliphatic rings. The van der Waals surface area contributed by atoms with Gasteiger partial charge in [-0.25, -0.2) is 0 Å². The van der Waals surface area contributed by atoms with Crippen LogP contribution in [0.1, 0.15) is 5.56 Å². The molecule has 0 atom stereocenters. The number of benzene rings is 1. The first-order valence-electron chi connectivity index (χ1n) is 4.01. The third kappa shape index (κ3) is 3.97. The van der Waals surface area contributed by atoms with Gasteiger partial charge >= 0.3 is 6.18 Å². The van der Waals surface area contributed by atoms with Gasteiger partial charge in [-0.15, -0.1) is 0 Å². The zero-order chi connectivity index (χ0) is 11.5. The van der Waals surface area contributed by atoms with Crippen molar-refractivity contribution >= 4 is 11.6 Å². The quantitative estimate of drug-likeness (QED) is 0.880. The Morgan fingerprint density at radius 1 is 1.33 bits per heavy atom. The molecule has 0 aliphatic carbocycles. The van der Waals surface area contributed by atoms with Gasteiger partial charge in [0.2, 0.25) is 0 Å². The Hall–Kier alpha value is -0.940. The van der Waals surface area contributed by atoms with Crippen LogP contribution in [0.15, 0.2) is 18.2 Å². The molecule has 0 amide bonds. The largest absolute Gasteiger partial charge is 0.484 e. The summed E-state index contributed by atoms with van der Waals surface area (Å²) in [5.41, 5.74) is 0.228. The van der Waals surface area contributed by atoms with Crippen molar-refractivity contribution in [2.24, 2.45) is 0 Å². The third-order valence-electron chi connectivity index (χ3n) is 1.58. The van der Waals surface area contributed by atoms with E-state index in [9.17, 15) is 13.2 Å². The summed E-state index contributed by atoms with van der Waals surface area (Å²) in [5, 5.41) is 9.18. The number of rotatable bonds is 3. The maximum Gasteiger partial charge on any atom is 0.422 e. The number of ether oxygens (including phenoxy) is 1. The summed E-state index contributed by atoms with van der Waals surface area (Å²) in [4.78, 5) is 0. The van der Waals surface area contributed by atoms with Crippen LogP contribution in [0.3, 0.4) is 0 Å². The van der Waals surface area contributed by atoms with Crippen molar-refractivity contribution in [3.8, 4) is 5.75 Å². The second kappa shape index (κ2) is 4.72. The predicted molar refractivity (Wildman–Crippen MR) is 48.9 cm³/mol. The van der Waals surface area contributed by atoms with Crippen molar-refractivity contribution in [2.75, 3.05) is 6.61 Å². The molecule has 0 aliphatic heterocycles. The van der Waals surface area contributed by atoms with E-state index in [-0.39, 0.29) is 11.3 Å². The molecule has 0 saturated carbocycles. The second-order valence-corrected chi connectivity index (χ2v) is 3.25. The first-order chi connectivity index (χ1) is 6.92. The van der Waals surface area contributed by atoms with Crippen molar-refractivity contribution in [2.45, 2.75) is 12.8 Å². The van der Waals surface area contributed by atoms with Gasteiger partial charge in [0.25, 0.3) is 0 Å². The molecule has 1 N–H and O–H groups in total. The van der Waals surface area contributed by atoms with Crippen LogP contribution < -0.4 is 4.74 Å². The molecule has 0 fully saturated rings. The average Bonchev–Trinajstić information content (AvgIpc) is 2.14. The molecule has 1 rings (SSSR count). The summed E-state index contributed by atoms with van der Waals surface area (Å²) in [7, 11) is 0. The van der Waals surface area contributed by atoms with E-state index in [0.29, 0.717) is 5.02 Å². The maximum absolute atomic E-state index is 11.8. The minimum absolute atomic E-state index is 0.0146. The lowest BCUT2D eigenvalue weighted by Gasteiger charge is -2.12. The highest BCUT2D eigenvalue weighted by molar-refractivity contribution is 6.30. The van der Waals surface area contributed by atoms with Crippen molar-refractivity contribution in [1.82, 2.24) is 0 Å². The minimum Gasteiger partial charge on any atom is -0.484 e. The molecular weight excluding hydrogens is 233 g/mol. The summed E-state index contributed by atoms with van der Waals surface area (Å²) >= 11 is 5.60. The summed E-state index contributed by atoms with van der Waals surface area (Å²) in [6, 6.07) is 4.04. The average molecular weight is 241 g/mol. The second-order valence-electron chi connectivity index (χ2n) is 2.81. The summed E-state index contributed by atoms with van der Waals surface area (Å²) < 4.78 is 40.0. The van der Waals surface area contributed by atoms with Crippen molar-refractivity contribution in [3.63, 3.8) is 0 Å². The Bertz CT molecular complexity index is 339. The van der Waals surface area contributed by atoms with E-state index in [1.54, 1.807) is 0 Å². The molecular formula is C9H8ClF3O2. The van der Waals surface area contributed by atoms with E-state index in [0.717, 1.165) is 0 Å². The predicted octanol–water partition coefficient (Wildman–Crippen LogP) is 2.77. The molecule has 6 heteroatoms. The van der Waals surface area contributed by atoms with Crippen LogP contribution in [0.4, 0.5) is 13.2 Å². The standard InChI is InChI=1S/C9H8ClF3O2/c10-7-1-2-8(6(3-7)4-14)15-5-9(11,12)13/h1-3,14H,4-5H2. The van der Waals surface area contributed by atoms with Gasteiger partial charge in [0.05, 0.1) is 6.61 Å². The van der Waals surface area contributed by atoms with E-state index in [1.807, 2.05) is 0 Å². The number of aliphatic hydroxyl groups excluding tert-OH is 1. The Labute approximate surface area is 89.2 Å². The number of alkyl halides is 3. The number of hydrogen-bond acceptors (Lipinski definition) is 2. The minimum atomic E-state index is -4.40. The van der Waals surface area contributed by atoms with Gasteiger partial charge in [0.15, 0.2) is 6.61 Å². The number of aliphatic hydroxyl groups is 1. The van der Waals surface area contributed by atoms with E-state index in [2.05, 4.69) is 4.74 Å². The van der Waals surface area contributed by atoms with Gasteiger partial charge in [-0.2, -0.15) is 13.2 Å². The van der Waals surface area contributed by atoms with E-state index in [1.165, 1.54) is 18.2 Å². The zero-order valence-electron chi connectivity index (χ0n) is 7.51. The molecule has 0 aromatic heterocycles. The first kappa shape index (κ1) is 12.1. The van der Waals surface area contributed by atoms with Crippen LogP contribution in [-0.2, 0) is 6.61 Å². The molecule has 1 aromatic carbocycles. The summed E-state index contributed by atoms with van der Waals surface area (Å²) in [5.74, 6) is -0.0146. The maximum atomic E-state index is 11.8. The highest BCUT2D eigenvalue weighted by Gasteiger charge is 2.28. The van der Waals surface area contributed by atoms with Crippen LogP contribution >= 0.6 is 11.6 Å². The fourth-order valence-corrected chi connectivity index (χ4v) is 1.17. The fourth-order valence-electron chi connectivity index (χ4n) is 0.972. The molecule has 0 heterocycles. The number of hydrogen-bond donors (Lipinski definition) is 1. The zero-order valence-corrected chi connectivity index (χ0v) is 8.27. The monoisotopic (exact) mass is 240 g/mol. The smallest absolute Gasteiger partial charge is 0.422 e. The molecule has 2 nitrogen and oxygen atoms in total. The fraction of sp³-hybridized carbons (Fsp3) is 0.333. The van der Waals surface area contributed by atoms with Crippen LogP contribution in [0, 0.1) is 0 Å². The Morgan fingerprint density at radius 2 is 2.00 bits per heavy atom. The lowest BCUT2D eigenvalue weighted by molar-refractivity contribution is -0.153. The van der Waals surface area contributed by atoms with Gasteiger partial charge in [-0.1, -0.05) is 11.6 Å². The SMILES string of the molecule is OCc1cc(Cl)ccc1OCC(F)(F)F. The highest BCUT2D eigenvalue weighted by atomic mass is 35.5. The topological polar surface area (TPSA) is 29.5 Å². The van der Waals surface area contributed by atoms with Gasteiger partial charge in [-0.05, 0) is 18.2 Å². The molecule has 0 radical (unpaired) electrons. The first-order valence-corrected chi connectivity index (χ1v) is 4.39. The number of halogens is 4. The molecule has 0 bridgehead atoms. The molecule has 1 aromatic rings. The van der Waals surface area contributed by atoms with Gasteiger partial charge < -0.3 is 9.84 Å². The normalized spacial score (nSPS) is 11.5. The lowest BCUT2D eigenvalue weighted by atomic mass is 10.2. The molecule has 0 spiro atoms. The summed E-state index contributed by atoms with van der Waals surface area (Å²) in [6.45, 7) is -1.81. The Balaban J connectivity index is 2.76. The third-order valence-corrected chi connectivity index (χ3v) is 1.82. The molecule has 0 saturated heterocycles. The Morgan fingerprint density at radius 3 is 2.53 bits per heavy atom. The van der Waals surface area contributed by atoms with Crippen molar-refractivity contribution in [1.29, 1.82) is 0 Å². The molecule has 15 heavy (non-hydrogen) atoms. The lowest BCUT2D eigenvalue weighted by Crippen LogP contribution is -2.19. The van der Waals surface area contributed by atoms with Crippen LogP contribution in [0.25, 0.3) is 0 Å². The molecule has 84 valence electrons.